The molecule has 0 aromatic heterocycles. The van der Waals surface area contributed by atoms with Gasteiger partial charge in [0, 0.05) is 12.6 Å². The topological polar surface area (TPSA) is 43.0 Å². The van der Waals surface area contributed by atoms with Gasteiger partial charge in [0.15, 0.2) is 11.5 Å². The van der Waals surface area contributed by atoms with Crippen molar-refractivity contribution < 1.29 is 14.2 Å². The summed E-state index contributed by atoms with van der Waals surface area (Å²) >= 11 is 0. The van der Waals surface area contributed by atoms with E-state index in [2.05, 4.69) is 17.1 Å². The quantitative estimate of drug-likeness (QED) is 0.899. The SMILES string of the molecule is CCN1CCC(NCc2cc(OC)c3c(c2)OCO3)CC1. The average molecular weight is 292 g/mol. The maximum absolute atomic E-state index is 5.47. The minimum Gasteiger partial charge on any atom is -0.493 e. The van der Waals surface area contributed by atoms with Crippen molar-refractivity contribution >= 4 is 0 Å². The Bertz CT molecular complexity index is 485. The summed E-state index contributed by atoms with van der Waals surface area (Å²) in [5.74, 6) is 2.26. The number of rotatable bonds is 5. The third-order valence-electron chi connectivity index (χ3n) is 4.35. The zero-order chi connectivity index (χ0) is 14.7. The molecule has 0 spiro atoms. The zero-order valence-electron chi connectivity index (χ0n) is 12.9. The maximum Gasteiger partial charge on any atom is 0.231 e. The van der Waals surface area contributed by atoms with Crippen LogP contribution in [0.5, 0.6) is 17.2 Å². The molecule has 0 saturated carbocycles. The standard InChI is InChI=1S/C16H24N2O3/c1-3-18-6-4-13(5-7-18)17-10-12-8-14(19-2)16-15(9-12)20-11-21-16/h8-9,13,17H,3-7,10-11H2,1-2H3. The summed E-state index contributed by atoms with van der Waals surface area (Å²) in [7, 11) is 1.66. The number of benzene rings is 1. The molecule has 0 atom stereocenters. The zero-order valence-corrected chi connectivity index (χ0v) is 12.9. The highest BCUT2D eigenvalue weighted by Crippen LogP contribution is 2.41. The van der Waals surface area contributed by atoms with Gasteiger partial charge in [-0.2, -0.15) is 0 Å². The second-order valence-corrected chi connectivity index (χ2v) is 5.62. The summed E-state index contributed by atoms with van der Waals surface area (Å²) in [6.45, 7) is 6.89. The fraction of sp³-hybridized carbons (Fsp3) is 0.625. The fourth-order valence-corrected chi connectivity index (χ4v) is 3.00. The lowest BCUT2D eigenvalue weighted by Gasteiger charge is -2.31. The van der Waals surface area contributed by atoms with Gasteiger partial charge in [-0.05, 0) is 50.2 Å². The molecule has 1 aromatic rings. The predicted molar refractivity (Wildman–Crippen MR) is 81.1 cm³/mol. The molecule has 2 aliphatic rings. The molecule has 0 radical (unpaired) electrons. The molecule has 3 rings (SSSR count). The molecule has 1 saturated heterocycles. The van der Waals surface area contributed by atoms with Gasteiger partial charge in [-0.15, -0.1) is 0 Å². The maximum atomic E-state index is 5.47. The summed E-state index contributed by atoms with van der Waals surface area (Å²) in [5.41, 5.74) is 1.18. The predicted octanol–water partition coefficient (Wildman–Crippen LogP) is 2.00. The summed E-state index contributed by atoms with van der Waals surface area (Å²) in [4.78, 5) is 2.50. The van der Waals surface area contributed by atoms with E-state index in [1.54, 1.807) is 7.11 Å². The van der Waals surface area contributed by atoms with Crippen molar-refractivity contribution in [2.24, 2.45) is 0 Å². The Balaban J connectivity index is 1.58. The number of fused-ring (bicyclic) bond motifs is 1. The lowest BCUT2D eigenvalue weighted by atomic mass is 10.0. The lowest BCUT2D eigenvalue weighted by Crippen LogP contribution is -2.42. The highest BCUT2D eigenvalue weighted by Gasteiger charge is 2.21. The molecule has 116 valence electrons. The number of hydrogen-bond acceptors (Lipinski definition) is 5. The van der Waals surface area contributed by atoms with Gasteiger partial charge < -0.3 is 24.4 Å². The fourth-order valence-electron chi connectivity index (χ4n) is 3.00. The highest BCUT2D eigenvalue weighted by atomic mass is 16.7. The Morgan fingerprint density at radius 3 is 2.81 bits per heavy atom. The van der Waals surface area contributed by atoms with E-state index in [4.69, 9.17) is 14.2 Å². The van der Waals surface area contributed by atoms with Crippen LogP contribution in [0, 0.1) is 0 Å². The second kappa shape index (κ2) is 6.54. The summed E-state index contributed by atoms with van der Waals surface area (Å²) < 4.78 is 16.3. The molecule has 21 heavy (non-hydrogen) atoms. The van der Waals surface area contributed by atoms with Crippen molar-refractivity contribution in [3.05, 3.63) is 17.7 Å². The Kier molecular flexibility index (Phi) is 4.51. The van der Waals surface area contributed by atoms with Gasteiger partial charge in [0.1, 0.15) is 0 Å². The summed E-state index contributed by atoms with van der Waals surface area (Å²) in [6, 6.07) is 4.67. The molecule has 2 aliphatic heterocycles. The van der Waals surface area contributed by atoms with Crippen LogP contribution < -0.4 is 19.5 Å². The van der Waals surface area contributed by atoms with Crippen molar-refractivity contribution in [1.29, 1.82) is 0 Å². The van der Waals surface area contributed by atoms with Crippen LogP contribution in [0.4, 0.5) is 0 Å². The molecular formula is C16H24N2O3. The van der Waals surface area contributed by atoms with E-state index in [0.717, 1.165) is 30.3 Å². The second-order valence-electron chi connectivity index (χ2n) is 5.62. The molecule has 5 nitrogen and oxygen atoms in total. The van der Waals surface area contributed by atoms with Gasteiger partial charge >= 0.3 is 0 Å². The first-order valence-corrected chi connectivity index (χ1v) is 7.72. The van der Waals surface area contributed by atoms with Crippen molar-refractivity contribution in [2.45, 2.75) is 32.4 Å². The first kappa shape index (κ1) is 14.5. The monoisotopic (exact) mass is 292 g/mol. The number of nitrogens with zero attached hydrogens (tertiary/aromatic N) is 1. The molecule has 0 aliphatic carbocycles. The molecule has 2 heterocycles. The van der Waals surface area contributed by atoms with Crippen LogP contribution in [-0.4, -0.2) is 44.5 Å². The lowest BCUT2D eigenvalue weighted by molar-refractivity contribution is 0.171. The Labute approximate surface area is 126 Å². The van der Waals surface area contributed by atoms with Gasteiger partial charge in [-0.3, -0.25) is 0 Å². The summed E-state index contributed by atoms with van der Waals surface area (Å²) in [6.07, 6.45) is 2.44. The van der Waals surface area contributed by atoms with E-state index in [9.17, 15) is 0 Å². The third kappa shape index (κ3) is 3.24. The number of ether oxygens (including phenoxy) is 3. The van der Waals surface area contributed by atoms with Crippen LogP contribution in [0.2, 0.25) is 0 Å². The van der Waals surface area contributed by atoms with Gasteiger partial charge in [0.2, 0.25) is 12.5 Å². The third-order valence-corrected chi connectivity index (χ3v) is 4.35. The smallest absolute Gasteiger partial charge is 0.231 e. The number of hydrogen-bond donors (Lipinski definition) is 1. The molecule has 0 amide bonds. The molecule has 1 fully saturated rings. The van der Waals surface area contributed by atoms with E-state index < -0.39 is 0 Å². The van der Waals surface area contributed by atoms with Gasteiger partial charge in [-0.25, -0.2) is 0 Å². The molecule has 0 unspecified atom stereocenters. The van der Waals surface area contributed by atoms with Crippen molar-refractivity contribution in [3.63, 3.8) is 0 Å². The minimum absolute atomic E-state index is 0.276. The van der Waals surface area contributed by atoms with Gasteiger partial charge in [0.25, 0.3) is 0 Å². The normalized spacial score (nSPS) is 19.0. The van der Waals surface area contributed by atoms with Crippen molar-refractivity contribution in [1.82, 2.24) is 10.2 Å². The molecule has 1 aromatic carbocycles. The van der Waals surface area contributed by atoms with Crippen LogP contribution in [0.3, 0.4) is 0 Å². The molecule has 1 N–H and O–H groups in total. The van der Waals surface area contributed by atoms with E-state index in [0.29, 0.717) is 6.04 Å². The van der Waals surface area contributed by atoms with E-state index >= 15 is 0 Å². The Morgan fingerprint density at radius 1 is 1.29 bits per heavy atom. The Morgan fingerprint density at radius 2 is 2.10 bits per heavy atom. The summed E-state index contributed by atoms with van der Waals surface area (Å²) in [5, 5.41) is 3.65. The molecular weight excluding hydrogens is 268 g/mol. The van der Waals surface area contributed by atoms with Gasteiger partial charge in [0.05, 0.1) is 7.11 Å². The number of nitrogens with one attached hydrogen (secondary N) is 1. The van der Waals surface area contributed by atoms with Gasteiger partial charge in [-0.1, -0.05) is 6.92 Å². The van der Waals surface area contributed by atoms with Crippen LogP contribution >= 0.6 is 0 Å². The van der Waals surface area contributed by atoms with Crippen LogP contribution in [-0.2, 0) is 6.54 Å². The first-order chi connectivity index (χ1) is 10.3. The largest absolute Gasteiger partial charge is 0.493 e. The number of piperidine rings is 1. The van der Waals surface area contributed by atoms with Crippen LogP contribution in [0.1, 0.15) is 25.3 Å². The molecule has 5 heteroatoms. The number of methoxy groups -OCH3 is 1. The van der Waals surface area contributed by atoms with E-state index in [1.165, 1.54) is 31.5 Å². The van der Waals surface area contributed by atoms with Crippen LogP contribution in [0.15, 0.2) is 12.1 Å². The Hall–Kier alpha value is -1.46. The average Bonchev–Trinajstić information content (AvgIpc) is 3.01. The van der Waals surface area contributed by atoms with Crippen LogP contribution in [0.25, 0.3) is 0 Å². The molecule has 0 bridgehead atoms. The number of likely N-dealkylation sites (tertiary alicyclic amines) is 1. The van der Waals surface area contributed by atoms with E-state index in [-0.39, 0.29) is 6.79 Å². The minimum atomic E-state index is 0.276. The van der Waals surface area contributed by atoms with Crippen molar-refractivity contribution in [3.8, 4) is 17.2 Å². The highest BCUT2D eigenvalue weighted by molar-refractivity contribution is 5.55. The van der Waals surface area contributed by atoms with E-state index in [1.807, 2.05) is 12.1 Å². The first-order valence-electron chi connectivity index (χ1n) is 7.72. The van der Waals surface area contributed by atoms with Crippen molar-refractivity contribution in [2.75, 3.05) is 33.5 Å².